The van der Waals surface area contributed by atoms with Crippen LogP contribution in [0.15, 0.2) is 18.2 Å². The lowest BCUT2D eigenvalue weighted by atomic mass is 10.1. The molecule has 0 spiro atoms. The number of rotatable bonds is 5. The van der Waals surface area contributed by atoms with Gasteiger partial charge in [0.2, 0.25) is 0 Å². The quantitative estimate of drug-likeness (QED) is 0.881. The second kappa shape index (κ2) is 6.53. The standard InChI is InChI=1S/C15H22N4/c1-12-4-3-5-15(18-12)17-10-14-7-9-19(11-14)13(2)6-8-16/h3-5,13-14H,6-7,9-11H2,1-2H3,(H,17,18)/t13-,14-/m1/s1. The van der Waals surface area contributed by atoms with Crippen molar-refractivity contribution in [3.05, 3.63) is 23.9 Å². The topological polar surface area (TPSA) is 52.0 Å². The van der Waals surface area contributed by atoms with Crippen molar-refractivity contribution in [2.45, 2.75) is 32.7 Å². The Morgan fingerprint density at radius 1 is 1.58 bits per heavy atom. The number of pyridine rings is 1. The SMILES string of the molecule is Cc1cccc(NC[C@H]2CCN([C@H](C)CC#N)C2)n1. The summed E-state index contributed by atoms with van der Waals surface area (Å²) in [6.07, 6.45) is 1.83. The van der Waals surface area contributed by atoms with Gasteiger partial charge in [0.15, 0.2) is 0 Å². The van der Waals surface area contributed by atoms with Crippen molar-refractivity contribution in [3.63, 3.8) is 0 Å². The average Bonchev–Trinajstić information content (AvgIpc) is 2.86. The first-order valence-corrected chi connectivity index (χ1v) is 6.97. The number of anilines is 1. The van der Waals surface area contributed by atoms with Crippen LogP contribution in [0.25, 0.3) is 0 Å². The number of likely N-dealkylation sites (tertiary alicyclic amines) is 1. The van der Waals surface area contributed by atoms with Crippen LogP contribution in [0.5, 0.6) is 0 Å². The summed E-state index contributed by atoms with van der Waals surface area (Å²) in [5.41, 5.74) is 1.04. The molecule has 1 N–H and O–H groups in total. The Labute approximate surface area is 115 Å². The molecule has 0 aliphatic carbocycles. The van der Waals surface area contributed by atoms with E-state index in [0.717, 1.165) is 31.1 Å². The van der Waals surface area contributed by atoms with Gasteiger partial charge in [-0.25, -0.2) is 4.98 Å². The number of hydrogen-bond acceptors (Lipinski definition) is 4. The second-order valence-electron chi connectivity index (χ2n) is 5.41. The van der Waals surface area contributed by atoms with Crippen LogP contribution in [0.3, 0.4) is 0 Å². The van der Waals surface area contributed by atoms with Gasteiger partial charge in [-0.05, 0) is 44.9 Å². The average molecular weight is 258 g/mol. The van der Waals surface area contributed by atoms with Crippen LogP contribution in [-0.4, -0.2) is 35.6 Å². The fourth-order valence-electron chi connectivity index (χ4n) is 2.58. The maximum atomic E-state index is 8.74. The molecule has 0 bridgehead atoms. The largest absolute Gasteiger partial charge is 0.370 e. The molecular formula is C15H22N4. The maximum absolute atomic E-state index is 8.74. The fraction of sp³-hybridized carbons (Fsp3) is 0.600. The lowest BCUT2D eigenvalue weighted by Gasteiger charge is -2.22. The summed E-state index contributed by atoms with van der Waals surface area (Å²) in [6, 6.07) is 8.68. The third-order valence-corrected chi connectivity index (χ3v) is 3.79. The molecule has 0 aromatic carbocycles. The zero-order valence-corrected chi connectivity index (χ0v) is 11.8. The van der Waals surface area contributed by atoms with Gasteiger partial charge in [0, 0.05) is 24.8 Å². The number of nitriles is 1. The predicted molar refractivity (Wildman–Crippen MR) is 76.8 cm³/mol. The van der Waals surface area contributed by atoms with E-state index >= 15 is 0 Å². The molecule has 0 amide bonds. The summed E-state index contributed by atoms with van der Waals surface area (Å²) in [4.78, 5) is 6.87. The molecule has 1 aliphatic rings. The molecule has 4 heteroatoms. The van der Waals surface area contributed by atoms with Crippen LogP contribution in [0.4, 0.5) is 5.82 Å². The molecule has 2 heterocycles. The third kappa shape index (κ3) is 3.93. The molecule has 1 aromatic rings. The first-order valence-electron chi connectivity index (χ1n) is 6.97. The number of nitrogens with zero attached hydrogens (tertiary/aromatic N) is 3. The molecule has 1 aromatic heterocycles. The van der Waals surface area contributed by atoms with E-state index in [1.807, 2.05) is 25.1 Å². The molecule has 4 nitrogen and oxygen atoms in total. The number of aryl methyl sites for hydroxylation is 1. The Kier molecular flexibility index (Phi) is 4.75. The van der Waals surface area contributed by atoms with Crippen molar-refractivity contribution in [2.24, 2.45) is 5.92 Å². The normalized spacial score (nSPS) is 21.0. The van der Waals surface area contributed by atoms with Crippen molar-refractivity contribution >= 4 is 5.82 Å². The van der Waals surface area contributed by atoms with Gasteiger partial charge in [-0.3, -0.25) is 4.90 Å². The van der Waals surface area contributed by atoms with Gasteiger partial charge in [-0.1, -0.05) is 6.07 Å². The van der Waals surface area contributed by atoms with E-state index < -0.39 is 0 Å². The maximum Gasteiger partial charge on any atom is 0.126 e. The second-order valence-corrected chi connectivity index (χ2v) is 5.41. The summed E-state index contributed by atoms with van der Waals surface area (Å²) < 4.78 is 0. The van der Waals surface area contributed by atoms with E-state index in [2.05, 4.69) is 28.2 Å². The molecule has 19 heavy (non-hydrogen) atoms. The van der Waals surface area contributed by atoms with Crippen molar-refractivity contribution in [2.75, 3.05) is 25.0 Å². The molecule has 2 atom stereocenters. The minimum atomic E-state index is 0.382. The number of aromatic nitrogens is 1. The first kappa shape index (κ1) is 13.8. The number of nitrogens with one attached hydrogen (secondary N) is 1. The van der Waals surface area contributed by atoms with Gasteiger partial charge < -0.3 is 5.32 Å². The van der Waals surface area contributed by atoms with Crippen LogP contribution < -0.4 is 5.32 Å². The summed E-state index contributed by atoms with van der Waals surface area (Å²) >= 11 is 0. The van der Waals surface area contributed by atoms with Crippen LogP contribution in [0.2, 0.25) is 0 Å². The van der Waals surface area contributed by atoms with E-state index in [0.29, 0.717) is 18.4 Å². The van der Waals surface area contributed by atoms with Crippen LogP contribution >= 0.6 is 0 Å². The third-order valence-electron chi connectivity index (χ3n) is 3.79. The Morgan fingerprint density at radius 3 is 3.16 bits per heavy atom. The lowest BCUT2D eigenvalue weighted by molar-refractivity contribution is 0.253. The van der Waals surface area contributed by atoms with Crippen LogP contribution in [0, 0.1) is 24.2 Å². The summed E-state index contributed by atoms with van der Waals surface area (Å²) in [7, 11) is 0. The highest BCUT2D eigenvalue weighted by Crippen LogP contribution is 2.20. The highest BCUT2D eigenvalue weighted by Gasteiger charge is 2.25. The predicted octanol–water partition coefficient (Wildman–Crippen LogP) is 2.43. The van der Waals surface area contributed by atoms with Crippen molar-refractivity contribution < 1.29 is 0 Å². The van der Waals surface area contributed by atoms with Gasteiger partial charge in [-0.2, -0.15) is 5.26 Å². The molecule has 0 unspecified atom stereocenters. The molecule has 1 aliphatic heterocycles. The van der Waals surface area contributed by atoms with Crippen molar-refractivity contribution in [3.8, 4) is 6.07 Å². The van der Waals surface area contributed by atoms with E-state index in [9.17, 15) is 0 Å². The zero-order chi connectivity index (χ0) is 13.7. The molecule has 0 saturated carbocycles. The lowest BCUT2D eigenvalue weighted by Crippen LogP contribution is -2.31. The molecule has 0 radical (unpaired) electrons. The molecule has 2 rings (SSSR count). The Balaban J connectivity index is 1.78. The minimum absolute atomic E-state index is 0.382. The van der Waals surface area contributed by atoms with Crippen molar-refractivity contribution in [1.29, 1.82) is 5.26 Å². The Morgan fingerprint density at radius 2 is 2.42 bits per heavy atom. The fourth-order valence-corrected chi connectivity index (χ4v) is 2.58. The molecule has 1 fully saturated rings. The minimum Gasteiger partial charge on any atom is -0.370 e. The smallest absolute Gasteiger partial charge is 0.126 e. The molecule has 102 valence electrons. The molecule has 1 saturated heterocycles. The Hall–Kier alpha value is -1.60. The van der Waals surface area contributed by atoms with Crippen molar-refractivity contribution in [1.82, 2.24) is 9.88 Å². The first-order chi connectivity index (χ1) is 9.19. The zero-order valence-electron chi connectivity index (χ0n) is 11.8. The Bertz CT molecular complexity index is 452. The summed E-state index contributed by atoms with van der Waals surface area (Å²) in [5.74, 6) is 1.62. The number of hydrogen-bond donors (Lipinski definition) is 1. The van der Waals surface area contributed by atoms with E-state index in [1.54, 1.807) is 0 Å². The van der Waals surface area contributed by atoms with Gasteiger partial charge >= 0.3 is 0 Å². The van der Waals surface area contributed by atoms with Crippen LogP contribution in [-0.2, 0) is 0 Å². The van der Waals surface area contributed by atoms with Gasteiger partial charge in [-0.15, -0.1) is 0 Å². The highest BCUT2D eigenvalue weighted by molar-refractivity contribution is 5.35. The van der Waals surface area contributed by atoms with E-state index in [4.69, 9.17) is 5.26 Å². The van der Waals surface area contributed by atoms with Gasteiger partial charge in [0.25, 0.3) is 0 Å². The highest BCUT2D eigenvalue weighted by atomic mass is 15.2. The van der Waals surface area contributed by atoms with Gasteiger partial charge in [0.1, 0.15) is 5.82 Å². The summed E-state index contributed by atoms with van der Waals surface area (Å²) in [5, 5.41) is 12.2. The van der Waals surface area contributed by atoms with E-state index in [1.165, 1.54) is 6.42 Å². The monoisotopic (exact) mass is 258 g/mol. The molecular weight excluding hydrogens is 236 g/mol. The van der Waals surface area contributed by atoms with E-state index in [-0.39, 0.29) is 0 Å². The van der Waals surface area contributed by atoms with Crippen LogP contribution in [0.1, 0.15) is 25.5 Å². The summed E-state index contributed by atoms with van der Waals surface area (Å²) in [6.45, 7) is 7.30. The van der Waals surface area contributed by atoms with Gasteiger partial charge in [0.05, 0.1) is 12.5 Å².